The quantitative estimate of drug-likeness (QED) is 0.557. The van der Waals surface area contributed by atoms with Gasteiger partial charge in [-0.15, -0.1) is 5.10 Å². The summed E-state index contributed by atoms with van der Waals surface area (Å²) >= 11 is 1.42. The molecule has 2 aromatic heterocycles. The molecule has 0 bridgehead atoms. The van der Waals surface area contributed by atoms with E-state index in [2.05, 4.69) is 15.2 Å². The van der Waals surface area contributed by atoms with Gasteiger partial charge in [0.15, 0.2) is 0 Å². The number of Topliss-reactive ketones (excluding diaryl/α,β-unsaturated/α-hetero) is 2. The van der Waals surface area contributed by atoms with Crippen LogP contribution in [-0.2, 0) is 17.6 Å². The smallest absolute Gasteiger partial charge is 0.267 e. The number of aromatic amines is 1. The number of aromatic nitrogens is 3. The Morgan fingerprint density at radius 2 is 1.91 bits per heavy atom. The van der Waals surface area contributed by atoms with Crippen LogP contribution in [-0.4, -0.2) is 26.7 Å². The second-order valence-corrected chi connectivity index (χ2v) is 5.69. The van der Waals surface area contributed by atoms with Crippen molar-refractivity contribution in [1.29, 1.82) is 0 Å². The van der Waals surface area contributed by atoms with Crippen molar-refractivity contribution in [1.82, 2.24) is 15.2 Å². The number of hydrogen-bond donors (Lipinski definition) is 1. The number of H-pyrrole nitrogens is 1. The maximum atomic E-state index is 13.8. The topological polar surface area (TPSA) is 75.7 Å². The SMILES string of the molecule is O=C(Cc1cscc1Cc1ccccc1F)C(=O)c1nc[nH]n1. The predicted octanol–water partition coefficient (Wildman–Crippen LogP) is 2.59. The van der Waals surface area contributed by atoms with E-state index in [-0.39, 0.29) is 18.1 Å². The molecule has 23 heavy (non-hydrogen) atoms. The largest absolute Gasteiger partial charge is 0.290 e. The Hall–Kier alpha value is -2.67. The molecule has 116 valence electrons. The summed E-state index contributed by atoms with van der Waals surface area (Å²) in [4.78, 5) is 27.7. The Balaban J connectivity index is 1.75. The fourth-order valence-electron chi connectivity index (χ4n) is 2.20. The predicted molar refractivity (Wildman–Crippen MR) is 82.9 cm³/mol. The maximum absolute atomic E-state index is 13.8. The van der Waals surface area contributed by atoms with Gasteiger partial charge in [-0.1, -0.05) is 18.2 Å². The molecular weight excluding hydrogens is 317 g/mol. The molecule has 0 aliphatic rings. The first-order valence-corrected chi connectivity index (χ1v) is 7.80. The van der Waals surface area contributed by atoms with Gasteiger partial charge in [-0.05, 0) is 33.5 Å². The molecule has 0 radical (unpaired) electrons. The van der Waals surface area contributed by atoms with Crippen molar-refractivity contribution in [3.05, 3.63) is 69.7 Å². The molecule has 5 nitrogen and oxygen atoms in total. The van der Waals surface area contributed by atoms with E-state index in [0.29, 0.717) is 12.0 Å². The van der Waals surface area contributed by atoms with Gasteiger partial charge in [-0.3, -0.25) is 14.7 Å². The van der Waals surface area contributed by atoms with E-state index < -0.39 is 11.6 Å². The third kappa shape index (κ3) is 3.40. The average Bonchev–Trinajstić information content (AvgIpc) is 3.21. The normalized spacial score (nSPS) is 10.7. The molecule has 0 unspecified atom stereocenters. The van der Waals surface area contributed by atoms with Gasteiger partial charge in [0.25, 0.3) is 5.78 Å². The van der Waals surface area contributed by atoms with E-state index in [1.54, 1.807) is 23.6 Å². The molecule has 0 amide bonds. The number of nitrogens with one attached hydrogen (secondary N) is 1. The molecule has 0 spiro atoms. The zero-order chi connectivity index (χ0) is 16.2. The molecule has 2 heterocycles. The minimum atomic E-state index is -0.728. The summed E-state index contributed by atoms with van der Waals surface area (Å²) in [5.74, 6) is -1.74. The van der Waals surface area contributed by atoms with Crippen LogP contribution in [0, 0.1) is 5.82 Å². The molecule has 0 aliphatic carbocycles. The summed E-state index contributed by atoms with van der Waals surface area (Å²) in [5, 5.41) is 9.69. The summed E-state index contributed by atoms with van der Waals surface area (Å²) < 4.78 is 13.8. The molecule has 1 aromatic carbocycles. The minimum Gasteiger partial charge on any atom is -0.290 e. The Bertz CT molecular complexity index is 843. The summed E-state index contributed by atoms with van der Waals surface area (Å²) in [6.45, 7) is 0. The van der Waals surface area contributed by atoms with Gasteiger partial charge < -0.3 is 0 Å². The molecule has 1 N–H and O–H groups in total. The van der Waals surface area contributed by atoms with Crippen LogP contribution in [0.1, 0.15) is 27.3 Å². The van der Waals surface area contributed by atoms with Gasteiger partial charge in [0, 0.05) is 12.8 Å². The zero-order valence-electron chi connectivity index (χ0n) is 12.0. The summed E-state index contributed by atoms with van der Waals surface area (Å²) in [6.07, 6.45) is 1.59. The van der Waals surface area contributed by atoms with E-state index in [1.165, 1.54) is 23.7 Å². The molecular formula is C16H12FN3O2S. The van der Waals surface area contributed by atoms with Gasteiger partial charge in [-0.25, -0.2) is 9.37 Å². The van der Waals surface area contributed by atoms with E-state index >= 15 is 0 Å². The standard InChI is InChI=1S/C16H12FN3O2S/c17-13-4-2-1-3-10(13)5-11-7-23-8-12(11)6-14(21)15(22)16-18-9-19-20-16/h1-4,7-9H,5-6H2,(H,18,19,20). The molecule has 3 aromatic rings. The van der Waals surface area contributed by atoms with Crippen LogP contribution in [0.2, 0.25) is 0 Å². The molecule has 0 saturated carbocycles. The molecule has 3 rings (SSSR count). The Morgan fingerprint density at radius 1 is 1.13 bits per heavy atom. The van der Waals surface area contributed by atoms with Crippen molar-refractivity contribution >= 4 is 22.9 Å². The molecule has 0 saturated heterocycles. The van der Waals surface area contributed by atoms with Crippen LogP contribution in [0.3, 0.4) is 0 Å². The first kappa shape index (κ1) is 15.2. The summed E-state index contributed by atoms with van der Waals surface area (Å²) in [5.41, 5.74) is 2.13. The fourth-order valence-corrected chi connectivity index (χ4v) is 3.07. The number of thiophene rings is 1. The van der Waals surface area contributed by atoms with Crippen molar-refractivity contribution in [3.8, 4) is 0 Å². The van der Waals surface area contributed by atoms with Gasteiger partial charge in [0.2, 0.25) is 11.6 Å². The van der Waals surface area contributed by atoms with E-state index in [9.17, 15) is 14.0 Å². The average molecular weight is 329 g/mol. The highest BCUT2D eigenvalue weighted by molar-refractivity contribution is 7.08. The van der Waals surface area contributed by atoms with Crippen LogP contribution < -0.4 is 0 Å². The maximum Gasteiger partial charge on any atom is 0.267 e. The van der Waals surface area contributed by atoms with Gasteiger partial charge in [-0.2, -0.15) is 11.3 Å². The number of ketones is 2. The lowest BCUT2D eigenvalue weighted by Gasteiger charge is -2.04. The van der Waals surface area contributed by atoms with Crippen LogP contribution in [0.25, 0.3) is 0 Å². The van der Waals surface area contributed by atoms with Gasteiger partial charge >= 0.3 is 0 Å². The molecule has 7 heteroatoms. The van der Waals surface area contributed by atoms with Gasteiger partial charge in [0.05, 0.1) is 0 Å². The number of benzene rings is 1. The summed E-state index contributed by atoms with van der Waals surface area (Å²) in [6, 6.07) is 6.51. The molecule has 0 atom stereocenters. The third-order valence-corrected chi connectivity index (χ3v) is 4.24. The first-order chi connectivity index (χ1) is 11.1. The van der Waals surface area contributed by atoms with Crippen molar-refractivity contribution in [3.63, 3.8) is 0 Å². The second-order valence-electron chi connectivity index (χ2n) is 4.94. The zero-order valence-corrected chi connectivity index (χ0v) is 12.8. The molecule has 0 fully saturated rings. The number of rotatable bonds is 6. The lowest BCUT2D eigenvalue weighted by molar-refractivity contribution is -0.114. The number of carbonyl (C=O) groups excluding carboxylic acids is 2. The Kier molecular flexibility index (Phi) is 4.38. The Labute approximate surface area is 135 Å². The fraction of sp³-hybridized carbons (Fsp3) is 0.125. The first-order valence-electron chi connectivity index (χ1n) is 6.86. The second kappa shape index (κ2) is 6.62. The van der Waals surface area contributed by atoms with Crippen LogP contribution in [0.15, 0.2) is 41.4 Å². The lowest BCUT2D eigenvalue weighted by Crippen LogP contribution is -2.18. The van der Waals surface area contributed by atoms with Crippen LogP contribution >= 0.6 is 11.3 Å². The van der Waals surface area contributed by atoms with Crippen molar-refractivity contribution in [2.24, 2.45) is 0 Å². The number of halogens is 1. The van der Waals surface area contributed by atoms with E-state index in [0.717, 1.165) is 11.1 Å². The van der Waals surface area contributed by atoms with E-state index in [1.807, 2.05) is 5.38 Å². The minimum absolute atomic E-state index is 0.0410. The van der Waals surface area contributed by atoms with Gasteiger partial charge in [0.1, 0.15) is 12.1 Å². The van der Waals surface area contributed by atoms with E-state index in [4.69, 9.17) is 0 Å². The van der Waals surface area contributed by atoms with Crippen LogP contribution in [0.5, 0.6) is 0 Å². The van der Waals surface area contributed by atoms with Crippen molar-refractivity contribution < 1.29 is 14.0 Å². The van der Waals surface area contributed by atoms with Crippen molar-refractivity contribution in [2.45, 2.75) is 12.8 Å². The number of nitrogens with zero attached hydrogens (tertiary/aromatic N) is 2. The highest BCUT2D eigenvalue weighted by Crippen LogP contribution is 2.21. The number of hydrogen-bond acceptors (Lipinski definition) is 5. The van der Waals surface area contributed by atoms with Crippen LogP contribution in [0.4, 0.5) is 4.39 Å². The lowest BCUT2D eigenvalue weighted by atomic mass is 9.99. The van der Waals surface area contributed by atoms with Crippen molar-refractivity contribution in [2.75, 3.05) is 0 Å². The monoisotopic (exact) mass is 329 g/mol. The Morgan fingerprint density at radius 3 is 2.65 bits per heavy atom. The highest BCUT2D eigenvalue weighted by Gasteiger charge is 2.21. The number of carbonyl (C=O) groups is 2. The molecule has 0 aliphatic heterocycles. The third-order valence-electron chi connectivity index (χ3n) is 3.39. The summed E-state index contributed by atoms with van der Waals surface area (Å²) in [7, 11) is 0. The highest BCUT2D eigenvalue weighted by atomic mass is 32.1.